The molecule has 0 bridgehead atoms. The number of carbonyl (C=O) groups is 1. The predicted octanol–water partition coefficient (Wildman–Crippen LogP) is 1.89. The minimum Gasteiger partial charge on any atom is -0.341 e. The summed E-state index contributed by atoms with van der Waals surface area (Å²) >= 11 is 0. The highest BCUT2D eigenvalue weighted by Crippen LogP contribution is 2.29. The number of hydrogen-bond acceptors (Lipinski definition) is 6. The van der Waals surface area contributed by atoms with E-state index in [-0.39, 0.29) is 17.2 Å². The lowest BCUT2D eigenvalue weighted by atomic mass is 9.90. The van der Waals surface area contributed by atoms with Crippen LogP contribution in [0.4, 0.5) is 0 Å². The van der Waals surface area contributed by atoms with E-state index in [9.17, 15) is 4.79 Å². The van der Waals surface area contributed by atoms with Gasteiger partial charge in [-0.2, -0.15) is 4.98 Å². The highest BCUT2D eigenvalue weighted by molar-refractivity contribution is 5.77. The molecular weight excluding hydrogens is 282 g/mol. The zero-order valence-corrected chi connectivity index (χ0v) is 13.0. The van der Waals surface area contributed by atoms with Gasteiger partial charge in [0.2, 0.25) is 23.4 Å². The van der Waals surface area contributed by atoms with Gasteiger partial charge >= 0.3 is 0 Å². The molecule has 0 unspecified atom stereocenters. The summed E-state index contributed by atoms with van der Waals surface area (Å²) in [5, 5.41) is 3.90. The van der Waals surface area contributed by atoms with Crippen LogP contribution in [0, 0.1) is 5.41 Å². The van der Waals surface area contributed by atoms with Gasteiger partial charge in [-0.1, -0.05) is 25.9 Å². The van der Waals surface area contributed by atoms with Crippen LogP contribution in [0.25, 0.3) is 11.6 Å². The van der Waals surface area contributed by atoms with Crippen molar-refractivity contribution < 1.29 is 9.32 Å². The van der Waals surface area contributed by atoms with E-state index in [0.717, 1.165) is 0 Å². The molecular formula is C15H19N5O2. The maximum atomic E-state index is 12.1. The van der Waals surface area contributed by atoms with Crippen LogP contribution in [0.15, 0.2) is 23.0 Å². The molecule has 2 aromatic heterocycles. The first-order valence-corrected chi connectivity index (χ1v) is 7.31. The Balaban J connectivity index is 1.60. The largest absolute Gasteiger partial charge is 0.341 e. The average molecular weight is 301 g/mol. The van der Waals surface area contributed by atoms with Crippen LogP contribution < -0.4 is 0 Å². The molecule has 2 aromatic rings. The van der Waals surface area contributed by atoms with E-state index in [1.807, 2.05) is 4.90 Å². The molecule has 1 aliphatic rings. The number of hydrogen-bond donors (Lipinski definition) is 0. The average Bonchev–Trinajstić information content (AvgIpc) is 2.85. The maximum absolute atomic E-state index is 12.1. The van der Waals surface area contributed by atoms with Gasteiger partial charge in [-0.15, -0.1) is 0 Å². The van der Waals surface area contributed by atoms with Gasteiger partial charge in [0, 0.05) is 31.9 Å². The van der Waals surface area contributed by atoms with Gasteiger partial charge in [-0.05, 0) is 11.5 Å². The quantitative estimate of drug-likeness (QED) is 0.860. The van der Waals surface area contributed by atoms with E-state index in [2.05, 4.69) is 40.9 Å². The van der Waals surface area contributed by atoms with E-state index in [0.29, 0.717) is 37.0 Å². The first-order chi connectivity index (χ1) is 10.4. The second-order valence-electron chi connectivity index (χ2n) is 6.76. The molecule has 0 aromatic carbocycles. The molecule has 1 amide bonds. The molecule has 1 aliphatic heterocycles. The zero-order valence-electron chi connectivity index (χ0n) is 13.0. The van der Waals surface area contributed by atoms with Crippen LogP contribution in [-0.4, -0.2) is 44.0 Å². The van der Waals surface area contributed by atoms with Crippen LogP contribution in [0.1, 0.15) is 39.0 Å². The van der Waals surface area contributed by atoms with Gasteiger partial charge in [-0.3, -0.25) is 4.79 Å². The van der Waals surface area contributed by atoms with E-state index in [1.165, 1.54) is 0 Å². The summed E-state index contributed by atoms with van der Waals surface area (Å²) in [6.45, 7) is 7.45. The van der Waals surface area contributed by atoms with Crippen LogP contribution in [0.5, 0.6) is 0 Å². The SMILES string of the molecule is CC(C)(C)CC(=O)N1CC(c2nc(-c3ncccn3)no2)C1. The summed E-state index contributed by atoms with van der Waals surface area (Å²) in [5.74, 6) is 1.65. The molecule has 7 heteroatoms. The highest BCUT2D eigenvalue weighted by Gasteiger charge is 2.36. The Morgan fingerprint density at radius 2 is 1.95 bits per heavy atom. The van der Waals surface area contributed by atoms with Crippen molar-refractivity contribution in [3.8, 4) is 11.6 Å². The summed E-state index contributed by atoms with van der Waals surface area (Å²) < 4.78 is 5.27. The summed E-state index contributed by atoms with van der Waals surface area (Å²) in [4.78, 5) is 26.4. The van der Waals surface area contributed by atoms with E-state index in [4.69, 9.17) is 4.52 Å². The third kappa shape index (κ3) is 3.13. The van der Waals surface area contributed by atoms with Crippen molar-refractivity contribution in [1.29, 1.82) is 0 Å². The topological polar surface area (TPSA) is 85.0 Å². The molecule has 22 heavy (non-hydrogen) atoms. The monoisotopic (exact) mass is 301 g/mol. The number of likely N-dealkylation sites (tertiary alicyclic amines) is 1. The Hall–Kier alpha value is -2.31. The zero-order chi connectivity index (χ0) is 15.7. The molecule has 0 spiro atoms. The van der Waals surface area contributed by atoms with E-state index < -0.39 is 0 Å². The van der Waals surface area contributed by atoms with Crippen molar-refractivity contribution in [1.82, 2.24) is 25.0 Å². The minimum atomic E-state index is 0.00444. The van der Waals surface area contributed by atoms with Gasteiger partial charge < -0.3 is 9.42 Å². The van der Waals surface area contributed by atoms with Crippen molar-refractivity contribution >= 4 is 5.91 Å². The maximum Gasteiger partial charge on any atom is 0.240 e. The number of nitrogens with zero attached hydrogens (tertiary/aromatic N) is 5. The van der Waals surface area contributed by atoms with E-state index >= 15 is 0 Å². The fourth-order valence-electron chi connectivity index (χ4n) is 2.31. The number of carbonyl (C=O) groups excluding carboxylic acids is 1. The fraction of sp³-hybridized carbons (Fsp3) is 0.533. The van der Waals surface area contributed by atoms with Crippen LogP contribution in [0.2, 0.25) is 0 Å². The summed E-state index contributed by atoms with van der Waals surface area (Å²) in [7, 11) is 0. The van der Waals surface area contributed by atoms with Crippen LogP contribution in [0.3, 0.4) is 0 Å². The third-order valence-corrected chi connectivity index (χ3v) is 3.47. The van der Waals surface area contributed by atoms with Gasteiger partial charge in [0.05, 0.1) is 5.92 Å². The molecule has 0 saturated carbocycles. The normalized spacial score (nSPS) is 15.7. The van der Waals surface area contributed by atoms with Crippen molar-refractivity contribution in [3.05, 3.63) is 24.4 Å². The second-order valence-corrected chi connectivity index (χ2v) is 6.76. The number of amides is 1. The molecule has 3 heterocycles. The number of aromatic nitrogens is 4. The summed E-state index contributed by atoms with van der Waals surface area (Å²) in [6, 6.07) is 1.73. The number of rotatable bonds is 3. The van der Waals surface area contributed by atoms with Crippen molar-refractivity contribution in [3.63, 3.8) is 0 Å². The van der Waals surface area contributed by atoms with Crippen molar-refractivity contribution in [2.45, 2.75) is 33.1 Å². The van der Waals surface area contributed by atoms with Gasteiger partial charge in [0.25, 0.3) is 0 Å². The van der Waals surface area contributed by atoms with Crippen molar-refractivity contribution in [2.24, 2.45) is 5.41 Å². The molecule has 7 nitrogen and oxygen atoms in total. The minimum absolute atomic E-state index is 0.00444. The Morgan fingerprint density at radius 1 is 1.27 bits per heavy atom. The second kappa shape index (κ2) is 5.47. The standard InChI is InChI=1S/C15H19N5O2/c1-15(2,3)7-11(21)20-8-10(9-20)14-18-13(19-22-14)12-16-5-4-6-17-12/h4-6,10H,7-9H2,1-3H3. The van der Waals surface area contributed by atoms with Crippen LogP contribution in [-0.2, 0) is 4.79 Å². The Bertz CT molecular complexity index is 656. The first kappa shape index (κ1) is 14.6. The summed E-state index contributed by atoms with van der Waals surface area (Å²) in [5.41, 5.74) is 0.00444. The van der Waals surface area contributed by atoms with E-state index in [1.54, 1.807) is 18.5 Å². The third-order valence-electron chi connectivity index (χ3n) is 3.47. The predicted molar refractivity (Wildman–Crippen MR) is 78.7 cm³/mol. The van der Waals surface area contributed by atoms with Gasteiger partial charge in [-0.25, -0.2) is 9.97 Å². The Kier molecular flexibility index (Phi) is 3.64. The lowest BCUT2D eigenvalue weighted by molar-refractivity contribution is -0.137. The fourth-order valence-corrected chi connectivity index (χ4v) is 2.31. The van der Waals surface area contributed by atoms with Gasteiger partial charge in [0.15, 0.2) is 0 Å². The smallest absolute Gasteiger partial charge is 0.240 e. The molecule has 0 radical (unpaired) electrons. The molecule has 0 N–H and O–H groups in total. The Labute approximate surface area is 128 Å². The molecule has 0 atom stereocenters. The Morgan fingerprint density at radius 3 is 2.59 bits per heavy atom. The molecule has 1 fully saturated rings. The lowest BCUT2D eigenvalue weighted by Gasteiger charge is -2.38. The molecule has 3 rings (SSSR count). The van der Waals surface area contributed by atoms with Gasteiger partial charge in [0.1, 0.15) is 0 Å². The first-order valence-electron chi connectivity index (χ1n) is 7.31. The lowest BCUT2D eigenvalue weighted by Crippen LogP contribution is -2.49. The molecule has 116 valence electrons. The molecule has 0 aliphatic carbocycles. The highest BCUT2D eigenvalue weighted by atomic mass is 16.5. The van der Waals surface area contributed by atoms with Crippen LogP contribution >= 0.6 is 0 Å². The van der Waals surface area contributed by atoms with Crippen molar-refractivity contribution in [2.75, 3.05) is 13.1 Å². The molecule has 1 saturated heterocycles. The summed E-state index contributed by atoms with van der Waals surface area (Å²) in [6.07, 6.45) is 3.82.